The van der Waals surface area contributed by atoms with E-state index in [1.165, 1.54) is 11.8 Å². The van der Waals surface area contributed by atoms with Gasteiger partial charge in [-0.25, -0.2) is 0 Å². The van der Waals surface area contributed by atoms with E-state index < -0.39 is 5.41 Å². The highest BCUT2D eigenvalue weighted by molar-refractivity contribution is 8.23. The molecule has 2 saturated heterocycles. The molecular weight excluding hydrogens is 382 g/mol. The van der Waals surface area contributed by atoms with E-state index in [2.05, 4.69) is 6.07 Å². The molecule has 0 aromatic carbocycles. The zero-order valence-electron chi connectivity index (χ0n) is 16.4. The zero-order chi connectivity index (χ0) is 20.0. The van der Waals surface area contributed by atoms with Crippen molar-refractivity contribution in [3.63, 3.8) is 0 Å². The Hall–Kier alpha value is -1.33. The average Bonchev–Trinajstić information content (AvgIpc) is 3.22. The van der Waals surface area contributed by atoms with Gasteiger partial charge in [0, 0.05) is 32.0 Å². The predicted octanol–water partition coefficient (Wildman–Crippen LogP) is 3.31. The highest BCUT2D eigenvalue weighted by Gasteiger charge is 2.38. The number of thioether (sulfide) groups is 1. The van der Waals surface area contributed by atoms with Gasteiger partial charge in [0.1, 0.15) is 0 Å². The zero-order valence-corrected chi connectivity index (χ0v) is 18.0. The molecule has 0 bridgehead atoms. The van der Waals surface area contributed by atoms with Gasteiger partial charge in [-0.05, 0) is 58.7 Å². The monoisotopic (exact) mass is 411 g/mol. The lowest BCUT2D eigenvalue weighted by molar-refractivity contribution is -0.130. The molecule has 2 atom stereocenters. The first kappa shape index (κ1) is 22.0. The summed E-state index contributed by atoms with van der Waals surface area (Å²) in [6, 6.07) is 2.25. The van der Waals surface area contributed by atoms with Crippen LogP contribution in [0.15, 0.2) is 0 Å². The van der Waals surface area contributed by atoms with Crippen LogP contribution in [0.4, 0.5) is 0 Å². The second kappa shape index (κ2) is 9.74. The number of nitriles is 1. The van der Waals surface area contributed by atoms with E-state index in [9.17, 15) is 14.9 Å². The first-order chi connectivity index (χ1) is 12.8. The first-order valence-electron chi connectivity index (χ1n) is 9.61. The fourth-order valence-electron chi connectivity index (χ4n) is 3.72. The van der Waals surface area contributed by atoms with E-state index >= 15 is 0 Å². The Bertz CT molecular complexity index is 618. The van der Waals surface area contributed by atoms with Crippen molar-refractivity contribution in [2.75, 3.05) is 19.7 Å². The molecule has 0 aromatic rings. The summed E-state index contributed by atoms with van der Waals surface area (Å²) in [6.07, 6.45) is 3.97. The minimum absolute atomic E-state index is 0.0926. The topological polar surface area (TPSA) is 73.6 Å². The van der Waals surface area contributed by atoms with Gasteiger partial charge in [0.05, 0.1) is 23.5 Å². The molecule has 2 aliphatic heterocycles. The third-order valence-corrected chi connectivity index (χ3v) is 6.46. The maximum atomic E-state index is 12.4. The van der Waals surface area contributed by atoms with Crippen molar-refractivity contribution in [3.05, 3.63) is 0 Å². The molecule has 150 valence electrons. The highest BCUT2D eigenvalue weighted by atomic mass is 32.2. The Labute approximate surface area is 171 Å². The van der Waals surface area contributed by atoms with E-state index in [0.717, 1.165) is 12.8 Å². The van der Waals surface area contributed by atoms with Crippen molar-refractivity contribution in [3.8, 4) is 6.07 Å². The van der Waals surface area contributed by atoms with Gasteiger partial charge in [-0.3, -0.25) is 9.59 Å². The minimum Gasteiger partial charge on any atom is -0.479 e. The van der Waals surface area contributed by atoms with Gasteiger partial charge in [-0.15, -0.1) is 0 Å². The largest absolute Gasteiger partial charge is 0.479 e. The molecule has 0 saturated carbocycles. The molecule has 0 spiro atoms. The summed E-state index contributed by atoms with van der Waals surface area (Å²) < 4.78 is 5.87. The maximum Gasteiger partial charge on any atom is 0.223 e. The first-order valence-corrected chi connectivity index (χ1v) is 10.9. The van der Waals surface area contributed by atoms with Crippen molar-refractivity contribution >= 4 is 40.2 Å². The van der Waals surface area contributed by atoms with Crippen LogP contribution in [-0.4, -0.2) is 57.1 Å². The fraction of sp³-hybridized carbons (Fsp3) is 0.789. The summed E-state index contributed by atoms with van der Waals surface area (Å²) in [7, 11) is 0. The molecule has 2 rings (SSSR count). The number of thiocarbonyl (C=S) groups is 1. The lowest BCUT2D eigenvalue weighted by atomic mass is 9.85. The van der Waals surface area contributed by atoms with Crippen LogP contribution in [0.3, 0.4) is 0 Å². The van der Waals surface area contributed by atoms with Gasteiger partial charge >= 0.3 is 0 Å². The smallest absolute Gasteiger partial charge is 0.223 e. The average molecular weight is 412 g/mol. The Morgan fingerprint density at radius 3 is 2.33 bits per heavy atom. The lowest BCUT2D eigenvalue weighted by Gasteiger charge is -2.36. The van der Waals surface area contributed by atoms with Crippen LogP contribution < -0.4 is 0 Å². The van der Waals surface area contributed by atoms with Crippen molar-refractivity contribution in [2.24, 2.45) is 5.41 Å². The molecule has 27 heavy (non-hydrogen) atoms. The number of amides is 2. The Kier molecular flexibility index (Phi) is 7.92. The number of hydrogen-bond acceptors (Lipinski definition) is 6. The quantitative estimate of drug-likeness (QED) is 0.571. The van der Waals surface area contributed by atoms with Gasteiger partial charge in [0.2, 0.25) is 16.2 Å². The number of ether oxygens (including phenoxy) is 1. The fourth-order valence-corrected chi connectivity index (χ4v) is 5.25. The summed E-state index contributed by atoms with van der Waals surface area (Å²) in [5.74, 6) is 0.260. The van der Waals surface area contributed by atoms with Crippen LogP contribution in [0.25, 0.3) is 0 Å². The van der Waals surface area contributed by atoms with Gasteiger partial charge in [0.15, 0.2) is 0 Å². The van der Waals surface area contributed by atoms with Gasteiger partial charge in [-0.1, -0.05) is 11.8 Å². The maximum absolute atomic E-state index is 12.4. The molecule has 0 N–H and O–H groups in total. The van der Waals surface area contributed by atoms with E-state index in [4.69, 9.17) is 17.0 Å². The van der Waals surface area contributed by atoms with E-state index in [1.54, 1.807) is 0 Å². The molecule has 2 heterocycles. The number of nitrogens with zero attached hydrogens (tertiary/aromatic N) is 3. The van der Waals surface area contributed by atoms with Crippen molar-refractivity contribution < 1.29 is 14.3 Å². The van der Waals surface area contributed by atoms with Crippen molar-refractivity contribution in [1.82, 2.24) is 9.80 Å². The van der Waals surface area contributed by atoms with Crippen molar-refractivity contribution in [1.29, 1.82) is 5.26 Å². The number of likely N-dealkylation sites (tertiary alicyclic amines) is 2. The van der Waals surface area contributed by atoms with Crippen LogP contribution in [0.2, 0.25) is 0 Å². The molecule has 0 radical (unpaired) electrons. The summed E-state index contributed by atoms with van der Waals surface area (Å²) >= 11 is 6.70. The Morgan fingerprint density at radius 1 is 1.26 bits per heavy atom. The molecular formula is C19H29N3O3S2. The standard InChI is InChI=1S/C19H29N3O3S2/c1-4-25-18(26)27-17(22-10-6-8-16(22)24)11-14(12-19(2,3)13-20)21-9-5-7-15(21)23/h14,17H,4-12H2,1-3H3. The van der Waals surface area contributed by atoms with E-state index in [1.807, 2.05) is 30.6 Å². The third-order valence-electron chi connectivity index (χ3n) is 5.03. The normalized spacial score (nSPS) is 19.9. The van der Waals surface area contributed by atoms with Gasteiger partial charge < -0.3 is 14.5 Å². The van der Waals surface area contributed by atoms with Gasteiger partial charge in [0.25, 0.3) is 0 Å². The summed E-state index contributed by atoms with van der Waals surface area (Å²) in [5, 5.41) is 9.32. The summed E-state index contributed by atoms with van der Waals surface area (Å²) in [5.41, 5.74) is -0.543. The molecule has 2 fully saturated rings. The summed E-state index contributed by atoms with van der Waals surface area (Å²) in [4.78, 5) is 28.5. The number of carbonyl (C=O) groups is 2. The summed E-state index contributed by atoms with van der Waals surface area (Å²) in [6.45, 7) is 7.58. The molecule has 2 aliphatic rings. The third kappa shape index (κ3) is 6.08. The number of hydrogen-bond donors (Lipinski definition) is 0. The van der Waals surface area contributed by atoms with Crippen LogP contribution in [0.5, 0.6) is 0 Å². The Morgan fingerprint density at radius 2 is 1.85 bits per heavy atom. The molecule has 2 unspecified atom stereocenters. The highest BCUT2D eigenvalue weighted by Crippen LogP contribution is 2.34. The molecule has 2 amide bonds. The van der Waals surface area contributed by atoms with E-state index in [0.29, 0.717) is 49.8 Å². The number of rotatable bonds is 8. The number of carbonyl (C=O) groups excluding carboxylic acids is 2. The van der Waals surface area contributed by atoms with E-state index in [-0.39, 0.29) is 23.2 Å². The Balaban J connectivity index is 2.21. The lowest BCUT2D eigenvalue weighted by Crippen LogP contribution is -2.45. The molecule has 6 nitrogen and oxygen atoms in total. The van der Waals surface area contributed by atoms with Crippen LogP contribution in [-0.2, 0) is 14.3 Å². The van der Waals surface area contributed by atoms with Crippen LogP contribution in [0, 0.1) is 16.7 Å². The molecule has 8 heteroatoms. The minimum atomic E-state index is -0.543. The van der Waals surface area contributed by atoms with Crippen LogP contribution >= 0.6 is 24.0 Å². The van der Waals surface area contributed by atoms with Crippen molar-refractivity contribution in [2.45, 2.75) is 70.7 Å². The van der Waals surface area contributed by atoms with Gasteiger partial charge in [-0.2, -0.15) is 5.26 Å². The predicted molar refractivity (Wildman–Crippen MR) is 110 cm³/mol. The van der Waals surface area contributed by atoms with Crippen LogP contribution in [0.1, 0.15) is 59.3 Å². The second-order valence-electron chi connectivity index (χ2n) is 7.73. The molecule has 0 aliphatic carbocycles. The molecule has 0 aromatic heterocycles. The SMILES string of the molecule is CCOC(=S)SC(CC(CC(C)(C)C#N)N1CCCC1=O)N1CCCC1=O. The second-order valence-corrected chi connectivity index (χ2v) is 9.51.